The van der Waals surface area contributed by atoms with Crippen LogP contribution in [-0.4, -0.2) is 9.13 Å². The molecule has 0 bridgehead atoms. The van der Waals surface area contributed by atoms with Crippen LogP contribution in [0.1, 0.15) is 0 Å². The molecule has 4 heteroatoms. The van der Waals surface area contributed by atoms with Gasteiger partial charge in [0, 0.05) is 54.5 Å². The van der Waals surface area contributed by atoms with Crippen molar-refractivity contribution in [1.82, 2.24) is 9.13 Å². The minimum atomic E-state index is 0.753. The Hall–Kier alpha value is -8.08. The maximum Gasteiger partial charge on any atom is 0.179 e. The summed E-state index contributed by atoms with van der Waals surface area (Å²) in [6, 6.07) is 70.1. The lowest BCUT2D eigenvalue weighted by atomic mass is 9.90. The molecular weight excluding hydrogens is 733 g/mol. The van der Waals surface area contributed by atoms with Crippen molar-refractivity contribution in [2.75, 3.05) is 0 Å². The van der Waals surface area contributed by atoms with E-state index in [1.165, 1.54) is 65.2 Å². The van der Waals surface area contributed by atoms with Crippen LogP contribution in [0.3, 0.4) is 0 Å². The van der Waals surface area contributed by atoms with E-state index in [-0.39, 0.29) is 0 Å². The Balaban J connectivity index is 1.11. The Bertz CT molecular complexity index is 4030. The zero-order chi connectivity index (χ0) is 39.1. The summed E-state index contributed by atoms with van der Waals surface area (Å²) in [5, 5.41) is 14.0. The third kappa shape index (κ3) is 4.24. The quantitative estimate of drug-likeness (QED) is 0.168. The standard InChI is InChI=1S/C56H32N2O2/c1-2-14-36-33(13-1)29-43(38-16-4-3-15-37(36)38)45-32-46-44-30-34(57-48-21-9-5-17-39(48)40-18-6-10-22-49(40)57)25-27-52(44)59-55(46)56-54(45)47-31-35(26-28-53(47)60-56)58-50-23-11-7-19-41(50)42-20-8-12-24-51(42)58/h1-32H. The highest BCUT2D eigenvalue weighted by molar-refractivity contribution is 6.27. The molecule has 0 amide bonds. The zero-order valence-electron chi connectivity index (χ0n) is 32.2. The minimum Gasteiger partial charge on any atom is -0.452 e. The average Bonchev–Trinajstić information content (AvgIpc) is 4.06. The van der Waals surface area contributed by atoms with Crippen molar-refractivity contribution in [2.45, 2.75) is 0 Å². The van der Waals surface area contributed by atoms with Crippen molar-refractivity contribution >= 4 is 109 Å². The lowest BCUT2D eigenvalue weighted by Crippen LogP contribution is -1.93. The second-order valence-corrected chi connectivity index (χ2v) is 16.0. The molecule has 4 nitrogen and oxygen atoms in total. The Labute approximate surface area is 342 Å². The maximum atomic E-state index is 7.01. The predicted molar refractivity (Wildman–Crippen MR) is 250 cm³/mol. The summed E-state index contributed by atoms with van der Waals surface area (Å²) in [4.78, 5) is 0. The summed E-state index contributed by atoms with van der Waals surface area (Å²) in [6.07, 6.45) is 0. The molecular formula is C56H32N2O2. The number of hydrogen-bond donors (Lipinski definition) is 0. The van der Waals surface area contributed by atoms with Gasteiger partial charge in [-0.25, -0.2) is 0 Å². The highest BCUT2D eigenvalue weighted by Gasteiger charge is 2.24. The van der Waals surface area contributed by atoms with Gasteiger partial charge in [0.1, 0.15) is 11.2 Å². The fraction of sp³-hybridized carbons (Fsp3) is 0. The average molecular weight is 765 g/mol. The Morgan fingerprint density at radius 3 is 1.32 bits per heavy atom. The molecule has 0 spiro atoms. The molecule has 0 N–H and O–H groups in total. The van der Waals surface area contributed by atoms with Crippen LogP contribution in [0.5, 0.6) is 0 Å². The van der Waals surface area contributed by atoms with Gasteiger partial charge in [-0.05, 0) is 105 Å². The van der Waals surface area contributed by atoms with Crippen molar-refractivity contribution in [2.24, 2.45) is 0 Å². The fourth-order valence-corrected chi connectivity index (χ4v) is 10.3. The number of para-hydroxylation sites is 4. The topological polar surface area (TPSA) is 36.1 Å². The van der Waals surface area contributed by atoms with Crippen molar-refractivity contribution in [3.8, 4) is 22.5 Å². The number of furan rings is 2. The van der Waals surface area contributed by atoms with Crippen LogP contribution in [0.2, 0.25) is 0 Å². The molecule has 4 heterocycles. The first-order valence-corrected chi connectivity index (χ1v) is 20.5. The van der Waals surface area contributed by atoms with Crippen LogP contribution < -0.4 is 0 Å². The molecule has 14 rings (SSSR count). The third-order valence-electron chi connectivity index (χ3n) is 12.9. The van der Waals surface area contributed by atoms with E-state index in [1.54, 1.807) is 0 Å². The van der Waals surface area contributed by atoms with E-state index in [4.69, 9.17) is 8.83 Å². The van der Waals surface area contributed by atoms with Gasteiger partial charge in [0.25, 0.3) is 0 Å². The third-order valence-corrected chi connectivity index (χ3v) is 12.9. The first-order chi connectivity index (χ1) is 29.8. The van der Waals surface area contributed by atoms with Crippen LogP contribution in [0, 0.1) is 0 Å². The number of benzene rings is 10. The lowest BCUT2D eigenvalue weighted by molar-refractivity contribution is 0.633. The normalized spacial score (nSPS) is 12.3. The fourth-order valence-electron chi connectivity index (χ4n) is 10.3. The van der Waals surface area contributed by atoms with Gasteiger partial charge in [0.15, 0.2) is 11.2 Å². The molecule has 10 aromatic carbocycles. The van der Waals surface area contributed by atoms with E-state index in [0.29, 0.717) is 0 Å². The number of fused-ring (bicyclic) bond motifs is 16. The van der Waals surface area contributed by atoms with Crippen LogP contribution in [0.4, 0.5) is 0 Å². The van der Waals surface area contributed by atoms with Gasteiger partial charge < -0.3 is 18.0 Å². The van der Waals surface area contributed by atoms with Gasteiger partial charge in [-0.2, -0.15) is 0 Å². The number of aromatic nitrogens is 2. The monoisotopic (exact) mass is 764 g/mol. The molecule has 0 saturated carbocycles. The predicted octanol–water partition coefficient (Wildman–Crippen LogP) is 15.7. The molecule has 14 aromatic rings. The molecule has 0 aliphatic carbocycles. The molecule has 0 unspecified atom stereocenters. The Kier molecular flexibility index (Phi) is 6.26. The minimum absolute atomic E-state index is 0.753. The molecule has 278 valence electrons. The summed E-state index contributed by atoms with van der Waals surface area (Å²) in [5.74, 6) is 0. The largest absolute Gasteiger partial charge is 0.452 e. The van der Waals surface area contributed by atoms with E-state index in [1.807, 2.05) is 0 Å². The van der Waals surface area contributed by atoms with E-state index in [0.717, 1.165) is 66.4 Å². The molecule has 0 saturated heterocycles. The molecule has 0 aliphatic rings. The van der Waals surface area contributed by atoms with E-state index >= 15 is 0 Å². The SMILES string of the molecule is c1ccc2c(c1)cc(-c1cc3c4cc(-n5c6ccccc6c6ccccc65)ccc4oc3c3oc4ccc(-n5c6ccccc6c6ccccc65)cc4c13)c1ccccc12. The highest BCUT2D eigenvalue weighted by Crippen LogP contribution is 2.48. The van der Waals surface area contributed by atoms with Crippen molar-refractivity contribution < 1.29 is 8.83 Å². The van der Waals surface area contributed by atoms with Gasteiger partial charge in [-0.1, -0.05) is 121 Å². The van der Waals surface area contributed by atoms with Crippen LogP contribution in [-0.2, 0) is 0 Å². The second kappa shape index (κ2) is 11.8. The summed E-state index contributed by atoms with van der Waals surface area (Å²) >= 11 is 0. The molecule has 4 aromatic heterocycles. The number of rotatable bonds is 3. The number of nitrogens with zero attached hydrogens (tertiary/aromatic N) is 2. The van der Waals surface area contributed by atoms with E-state index < -0.39 is 0 Å². The smallest absolute Gasteiger partial charge is 0.179 e. The maximum absolute atomic E-state index is 7.01. The Morgan fingerprint density at radius 2 is 0.733 bits per heavy atom. The number of hydrogen-bond acceptors (Lipinski definition) is 2. The highest BCUT2D eigenvalue weighted by atomic mass is 16.4. The van der Waals surface area contributed by atoms with Crippen LogP contribution in [0.15, 0.2) is 203 Å². The van der Waals surface area contributed by atoms with Gasteiger partial charge in [0.2, 0.25) is 0 Å². The molecule has 0 atom stereocenters. The molecule has 60 heavy (non-hydrogen) atoms. The molecule has 0 fully saturated rings. The van der Waals surface area contributed by atoms with Crippen LogP contribution in [0.25, 0.3) is 132 Å². The first kappa shape index (κ1) is 31.9. The van der Waals surface area contributed by atoms with E-state index in [2.05, 4.69) is 203 Å². The summed E-state index contributed by atoms with van der Waals surface area (Å²) in [6.45, 7) is 0. The van der Waals surface area contributed by atoms with Gasteiger partial charge >= 0.3 is 0 Å². The second-order valence-electron chi connectivity index (χ2n) is 16.0. The molecule has 0 aliphatic heterocycles. The first-order valence-electron chi connectivity index (χ1n) is 20.5. The summed E-state index contributed by atoms with van der Waals surface area (Å²) in [5.41, 5.74) is 12.3. The summed E-state index contributed by atoms with van der Waals surface area (Å²) in [7, 11) is 0. The van der Waals surface area contributed by atoms with E-state index in [9.17, 15) is 0 Å². The summed E-state index contributed by atoms with van der Waals surface area (Å²) < 4.78 is 18.7. The van der Waals surface area contributed by atoms with Crippen LogP contribution >= 0.6 is 0 Å². The van der Waals surface area contributed by atoms with Gasteiger partial charge in [-0.3, -0.25) is 0 Å². The Morgan fingerprint density at radius 1 is 0.283 bits per heavy atom. The van der Waals surface area contributed by atoms with Crippen molar-refractivity contribution in [3.63, 3.8) is 0 Å². The zero-order valence-corrected chi connectivity index (χ0v) is 32.2. The van der Waals surface area contributed by atoms with Crippen molar-refractivity contribution in [3.05, 3.63) is 194 Å². The van der Waals surface area contributed by atoms with Gasteiger partial charge in [-0.15, -0.1) is 0 Å². The van der Waals surface area contributed by atoms with Gasteiger partial charge in [0.05, 0.1) is 22.1 Å². The lowest BCUT2D eigenvalue weighted by Gasteiger charge is -2.13. The molecule has 0 radical (unpaired) electrons. The van der Waals surface area contributed by atoms with Crippen molar-refractivity contribution in [1.29, 1.82) is 0 Å².